The topological polar surface area (TPSA) is 52.6 Å². The molecule has 124 valence electrons. The van der Waals surface area contributed by atoms with Crippen LogP contribution in [0.3, 0.4) is 0 Å². The molecule has 0 fully saturated rings. The molecule has 0 aromatic carbocycles. The average Bonchev–Trinajstić information content (AvgIpc) is 2.48. The number of ether oxygens (including phenoxy) is 2. The zero-order valence-electron chi connectivity index (χ0n) is 14.2. The Bertz CT molecular complexity index is 291. The molecule has 0 heterocycles. The van der Waals surface area contributed by atoms with Crippen LogP contribution in [-0.4, -0.2) is 25.2 Å². The molecule has 21 heavy (non-hydrogen) atoms. The highest BCUT2D eigenvalue weighted by molar-refractivity contribution is 6.00. The van der Waals surface area contributed by atoms with Gasteiger partial charge in [-0.3, -0.25) is 9.59 Å². The van der Waals surface area contributed by atoms with E-state index in [1.54, 1.807) is 6.92 Å². The first-order valence-electron chi connectivity index (χ1n) is 8.43. The van der Waals surface area contributed by atoms with Crippen LogP contribution >= 0.6 is 0 Å². The summed E-state index contributed by atoms with van der Waals surface area (Å²) in [5, 5.41) is 0. The summed E-state index contributed by atoms with van der Waals surface area (Å²) < 4.78 is 10.6. The summed E-state index contributed by atoms with van der Waals surface area (Å²) >= 11 is 0. The molecule has 0 unspecified atom stereocenters. The van der Waals surface area contributed by atoms with Gasteiger partial charge in [0.1, 0.15) is 0 Å². The summed E-state index contributed by atoms with van der Waals surface area (Å²) in [5.41, 5.74) is -1.10. The van der Waals surface area contributed by atoms with Crippen molar-refractivity contribution in [2.75, 3.05) is 13.2 Å². The largest absolute Gasteiger partial charge is 0.465 e. The monoisotopic (exact) mass is 300 g/mol. The van der Waals surface area contributed by atoms with Crippen LogP contribution in [0.1, 0.15) is 79.1 Å². The van der Waals surface area contributed by atoms with Gasteiger partial charge in [-0.2, -0.15) is 0 Å². The Kier molecular flexibility index (Phi) is 11.0. The molecule has 0 spiro atoms. The summed E-state index contributed by atoms with van der Waals surface area (Å²) in [6, 6.07) is 0. The maximum absolute atomic E-state index is 12.5. The van der Waals surface area contributed by atoms with Gasteiger partial charge in [-0.1, -0.05) is 52.9 Å². The molecule has 0 aliphatic heterocycles. The van der Waals surface area contributed by atoms with E-state index in [2.05, 4.69) is 13.8 Å². The maximum Gasteiger partial charge on any atom is 0.323 e. The molecule has 0 aliphatic carbocycles. The summed E-state index contributed by atoms with van der Waals surface area (Å²) in [4.78, 5) is 25.0. The molecule has 0 aliphatic rings. The van der Waals surface area contributed by atoms with Crippen LogP contribution in [0.5, 0.6) is 0 Å². The van der Waals surface area contributed by atoms with E-state index in [-0.39, 0.29) is 0 Å². The first-order chi connectivity index (χ1) is 10.1. The van der Waals surface area contributed by atoms with Crippen molar-refractivity contribution in [1.29, 1.82) is 0 Å². The van der Waals surface area contributed by atoms with Crippen LogP contribution in [0.4, 0.5) is 0 Å². The van der Waals surface area contributed by atoms with Crippen LogP contribution < -0.4 is 0 Å². The van der Waals surface area contributed by atoms with Crippen molar-refractivity contribution in [1.82, 2.24) is 0 Å². The lowest BCUT2D eigenvalue weighted by Gasteiger charge is -2.29. The van der Waals surface area contributed by atoms with Crippen molar-refractivity contribution in [2.24, 2.45) is 5.41 Å². The fraction of sp³-hybridized carbons (Fsp3) is 0.882. The zero-order chi connectivity index (χ0) is 16.1. The molecular weight excluding hydrogens is 268 g/mol. The van der Waals surface area contributed by atoms with Gasteiger partial charge in [-0.25, -0.2) is 0 Å². The van der Waals surface area contributed by atoms with Gasteiger partial charge in [-0.15, -0.1) is 0 Å². The van der Waals surface area contributed by atoms with Crippen molar-refractivity contribution in [3.63, 3.8) is 0 Å². The van der Waals surface area contributed by atoms with Crippen molar-refractivity contribution < 1.29 is 19.1 Å². The van der Waals surface area contributed by atoms with E-state index in [1.165, 1.54) is 0 Å². The van der Waals surface area contributed by atoms with Crippen LogP contribution in [0.25, 0.3) is 0 Å². The summed E-state index contributed by atoms with van der Waals surface area (Å²) in [6.07, 6.45) is 6.36. The number of hydrogen-bond donors (Lipinski definition) is 0. The Morgan fingerprint density at radius 1 is 0.762 bits per heavy atom. The molecular formula is C17H32O4. The molecule has 0 rings (SSSR count). The molecule has 0 atom stereocenters. The van der Waals surface area contributed by atoms with E-state index in [1.807, 2.05) is 6.92 Å². The Balaban J connectivity index is 5.11. The molecule has 0 aromatic rings. The minimum Gasteiger partial charge on any atom is -0.465 e. The molecule has 0 saturated carbocycles. The third-order valence-electron chi connectivity index (χ3n) is 3.70. The average molecular weight is 300 g/mol. The molecule has 0 aromatic heterocycles. The summed E-state index contributed by atoms with van der Waals surface area (Å²) in [5.74, 6) is -0.801. The van der Waals surface area contributed by atoms with Gasteiger partial charge >= 0.3 is 11.9 Å². The predicted octanol–water partition coefficient (Wildman–Crippen LogP) is 4.26. The molecule has 0 radical (unpaired) electrons. The summed E-state index contributed by atoms with van der Waals surface area (Å²) in [7, 11) is 0. The standard InChI is InChI=1S/C17H32O4/c1-5-9-12-17(13-10-6-2,15(18)20-8-4)16(19)21-14-11-7-3/h5-14H2,1-4H3. The number of unbranched alkanes of at least 4 members (excludes halogenated alkanes) is 3. The predicted molar refractivity (Wildman–Crippen MR) is 84.0 cm³/mol. The van der Waals surface area contributed by atoms with Crippen LogP contribution in [0.2, 0.25) is 0 Å². The van der Waals surface area contributed by atoms with E-state index in [0.717, 1.165) is 38.5 Å². The van der Waals surface area contributed by atoms with Gasteiger partial charge in [0.2, 0.25) is 0 Å². The quantitative estimate of drug-likeness (QED) is 0.307. The lowest BCUT2D eigenvalue weighted by molar-refractivity contribution is -0.174. The molecule has 0 N–H and O–H groups in total. The molecule has 0 saturated heterocycles. The van der Waals surface area contributed by atoms with Crippen LogP contribution in [-0.2, 0) is 19.1 Å². The normalized spacial score (nSPS) is 11.2. The SMILES string of the molecule is CCCCOC(=O)C(CCCC)(CCCC)C(=O)OCC. The van der Waals surface area contributed by atoms with E-state index in [9.17, 15) is 9.59 Å². The van der Waals surface area contributed by atoms with Gasteiger partial charge in [-0.05, 0) is 26.2 Å². The second-order valence-corrected chi connectivity index (χ2v) is 5.50. The third kappa shape index (κ3) is 6.49. The van der Waals surface area contributed by atoms with E-state index < -0.39 is 17.4 Å². The lowest BCUT2D eigenvalue weighted by Crippen LogP contribution is -2.42. The Morgan fingerprint density at radius 2 is 1.24 bits per heavy atom. The van der Waals surface area contributed by atoms with Crippen molar-refractivity contribution in [3.05, 3.63) is 0 Å². The van der Waals surface area contributed by atoms with Crippen molar-refractivity contribution >= 4 is 11.9 Å². The molecule has 4 nitrogen and oxygen atoms in total. The third-order valence-corrected chi connectivity index (χ3v) is 3.70. The number of carbonyl (C=O) groups excluding carboxylic acids is 2. The smallest absolute Gasteiger partial charge is 0.323 e. The van der Waals surface area contributed by atoms with E-state index >= 15 is 0 Å². The van der Waals surface area contributed by atoms with Gasteiger partial charge in [0.15, 0.2) is 5.41 Å². The van der Waals surface area contributed by atoms with Gasteiger partial charge < -0.3 is 9.47 Å². The maximum atomic E-state index is 12.5. The number of esters is 2. The highest BCUT2D eigenvalue weighted by Gasteiger charge is 2.47. The Morgan fingerprint density at radius 3 is 1.67 bits per heavy atom. The number of rotatable bonds is 12. The molecule has 4 heteroatoms. The fourth-order valence-corrected chi connectivity index (χ4v) is 2.29. The molecule has 0 bridgehead atoms. The van der Waals surface area contributed by atoms with Gasteiger partial charge in [0.05, 0.1) is 13.2 Å². The van der Waals surface area contributed by atoms with Crippen LogP contribution in [0, 0.1) is 5.41 Å². The van der Waals surface area contributed by atoms with Gasteiger partial charge in [0, 0.05) is 0 Å². The minimum absolute atomic E-state index is 0.293. The van der Waals surface area contributed by atoms with E-state index in [0.29, 0.717) is 26.1 Å². The number of hydrogen-bond acceptors (Lipinski definition) is 4. The molecule has 0 amide bonds. The Hall–Kier alpha value is -1.06. The Labute approximate surface area is 129 Å². The minimum atomic E-state index is -1.10. The van der Waals surface area contributed by atoms with Gasteiger partial charge in [0.25, 0.3) is 0 Å². The lowest BCUT2D eigenvalue weighted by atomic mass is 9.78. The first-order valence-corrected chi connectivity index (χ1v) is 8.43. The van der Waals surface area contributed by atoms with Crippen molar-refractivity contribution in [3.8, 4) is 0 Å². The zero-order valence-corrected chi connectivity index (χ0v) is 14.2. The first kappa shape index (κ1) is 19.9. The van der Waals surface area contributed by atoms with Crippen molar-refractivity contribution in [2.45, 2.75) is 79.1 Å². The second-order valence-electron chi connectivity index (χ2n) is 5.50. The number of carbonyl (C=O) groups is 2. The van der Waals surface area contributed by atoms with E-state index in [4.69, 9.17) is 9.47 Å². The summed E-state index contributed by atoms with van der Waals surface area (Å²) in [6.45, 7) is 8.59. The second kappa shape index (κ2) is 11.6. The fourth-order valence-electron chi connectivity index (χ4n) is 2.29. The highest BCUT2D eigenvalue weighted by Crippen LogP contribution is 2.34. The highest BCUT2D eigenvalue weighted by atomic mass is 16.6. The van der Waals surface area contributed by atoms with Crippen LogP contribution in [0.15, 0.2) is 0 Å².